The average molecular weight is 205 g/mol. The molecule has 5 nitrogen and oxygen atoms in total. The Kier molecular flexibility index (Phi) is 6.23. The molecule has 0 saturated heterocycles. The number of carbonyl (C=O) groups excluding carboxylic acids is 1. The van der Waals surface area contributed by atoms with Gasteiger partial charge in [-0.15, -0.1) is 0 Å². The summed E-state index contributed by atoms with van der Waals surface area (Å²) in [5.41, 5.74) is -0.496. The molecule has 0 atom stereocenters. The van der Waals surface area contributed by atoms with Crippen molar-refractivity contribution in [2.75, 3.05) is 6.54 Å². The Bertz CT molecular complexity index is 165. The van der Waals surface area contributed by atoms with Crippen LogP contribution in [0.15, 0.2) is 0 Å². The van der Waals surface area contributed by atoms with Gasteiger partial charge in [-0.05, 0) is 32.2 Å². The fraction of sp³-hybridized carbons (Fsp3) is 0.889. The third-order valence-corrected chi connectivity index (χ3v) is 1.19. The highest BCUT2D eigenvalue weighted by atomic mass is 17.5. The highest BCUT2D eigenvalue weighted by Gasteiger charge is 2.13. The summed E-state index contributed by atoms with van der Waals surface area (Å²) in [4.78, 5) is 19.9. The van der Waals surface area contributed by atoms with Crippen molar-refractivity contribution in [2.24, 2.45) is 0 Å². The lowest BCUT2D eigenvalue weighted by molar-refractivity contribution is -0.510. The molecular formula is C9H19NO4. The van der Waals surface area contributed by atoms with Crippen LogP contribution in [0.25, 0.3) is 0 Å². The molecule has 0 saturated carbocycles. The van der Waals surface area contributed by atoms with E-state index in [0.717, 1.165) is 12.8 Å². The Hall–Kier alpha value is -0.810. The molecule has 0 unspecified atom stereocenters. The molecule has 1 amide bonds. The summed E-state index contributed by atoms with van der Waals surface area (Å²) in [6.45, 7) is 7.96. The summed E-state index contributed by atoms with van der Waals surface area (Å²) in [6.07, 6.45) is 1.29. The standard InChI is InChI=1S/C9H19NO4/c1-5-6-7-10-8(11)12-14-13-9(2,3)4/h5-7H2,1-4H3,(H,10,11). The zero-order valence-electron chi connectivity index (χ0n) is 9.25. The van der Waals surface area contributed by atoms with Crippen molar-refractivity contribution in [1.29, 1.82) is 0 Å². The van der Waals surface area contributed by atoms with Gasteiger partial charge in [0.05, 0.1) is 5.60 Å². The predicted molar refractivity (Wildman–Crippen MR) is 51.3 cm³/mol. The minimum absolute atomic E-state index is 0.496. The summed E-state index contributed by atoms with van der Waals surface area (Å²) in [6, 6.07) is 0. The second-order valence-corrected chi connectivity index (χ2v) is 3.91. The molecule has 0 aromatic rings. The molecule has 0 aliphatic rings. The van der Waals surface area contributed by atoms with Gasteiger partial charge >= 0.3 is 6.09 Å². The molecule has 0 rings (SSSR count). The zero-order valence-corrected chi connectivity index (χ0v) is 9.25. The van der Waals surface area contributed by atoms with Crippen molar-refractivity contribution in [3.8, 4) is 0 Å². The molecular weight excluding hydrogens is 186 g/mol. The second kappa shape index (κ2) is 6.62. The first-order valence-corrected chi connectivity index (χ1v) is 4.76. The van der Waals surface area contributed by atoms with Gasteiger partial charge in [0.1, 0.15) is 0 Å². The van der Waals surface area contributed by atoms with Gasteiger partial charge in [-0.25, -0.2) is 9.68 Å². The number of amides is 1. The molecule has 1 N–H and O–H groups in total. The topological polar surface area (TPSA) is 56.8 Å². The van der Waals surface area contributed by atoms with Crippen LogP contribution in [0.1, 0.15) is 40.5 Å². The van der Waals surface area contributed by atoms with Crippen LogP contribution in [0.3, 0.4) is 0 Å². The quantitative estimate of drug-likeness (QED) is 0.424. The number of hydrogen-bond donors (Lipinski definition) is 1. The van der Waals surface area contributed by atoms with E-state index in [1.165, 1.54) is 0 Å². The first-order valence-electron chi connectivity index (χ1n) is 4.76. The van der Waals surface area contributed by atoms with Crippen LogP contribution in [0.5, 0.6) is 0 Å². The molecule has 0 radical (unpaired) electrons. The maximum Gasteiger partial charge on any atom is 0.441 e. The minimum Gasteiger partial charge on any atom is -0.319 e. The van der Waals surface area contributed by atoms with Crippen molar-refractivity contribution in [2.45, 2.75) is 46.1 Å². The highest BCUT2D eigenvalue weighted by Crippen LogP contribution is 2.06. The van der Waals surface area contributed by atoms with E-state index >= 15 is 0 Å². The molecule has 0 aromatic carbocycles. The first kappa shape index (κ1) is 13.2. The van der Waals surface area contributed by atoms with Crippen molar-refractivity contribution in [3.63, 3.8) is 0 Å². The van der Waals surface area contributed by atoms with Crippen LogP contribution in [0.2, 0.25) is 0 Å². The maximum atomic E-state index is 10.9. The van der Waals surface area contributed by atoms with E-state index in [-0.39, 0.29) is 0 Å². The van der Waals surface area contributed by atoms with Gasteiger partial charge in [0.2, 0.25) is 0 Å². The van der Waals surface area contributed by atoms with Gasteiger partial charge in [0.15, 0.2) is 0 Å². The van der Waals surface area contributed by atoms with Gasteiger partial charge in [0.25, 0.3) is 0 Å². The van der Waals surface area contributed by atoms with Crippen molar-refractivity contribution in [1.82, 2.24) is 5.32 Å². The molecule has 0 heterocycles. The number of nitrogens with one attached hydrogen (secondary N) is 1. The van der Waals surface area contributed by atoms with Gasteiger partial charge < -0.3 is 5.32 Å². The summed E-state index contributed by atoms with van der Waals surface area (Å²) < 4.78 is 0. The summed E-state index contributed by atoms with van der Waals surface area (Å²) in [7, 11) is 0. The zero-order chi connectivity index (χ0) is 11.0. The molecule has 14 heavy (non-hydrogen) atoms. The molecule has 0 aromatic heterocycles. The van der Waals surface area contributed by atoms with Crippen molar-refractivity contribution >= 4 is 6.09 Å². The Labute approximate surface area is 84.6 Å². The van der Waals surface area contributed by atoms with Crippen molar-refractivity contribution in [3.05, 3.63) is 0 Å². The Morgan fingerprint density at radius 1 is 1.36 bits per heavy atom. The van der Waals surface area contributed by atoms with Crippen LogP contribution < -0.4 is 5.32 Å². The van der Waals surface area contributed by atoms with Crippen LogP contribution in [-0.4, -0.2) is 18.2 Å². The van der Waals surface area contributed by atoms with E-state index in [2.05, 4.69) is 15.2 Å². The Morgan fingerprint density at radius 2 is 2.00 bits per heavy atom. The Morgan fingerprint density at radius 3 is 2.50 bits per heavy atom. The van der Waals surface area contributed by atoms with Crippen LogP contribution in [-0.2, 0) is 14.8 Å². The van der Waals surface area contributed by atoms with E-state index in [4.69, 9.17) is 4.89 Å². The lowest BCUT2D eigenvalue weighted by Crippen LogP contribution is -2.27. The average Bonchev–Trinajstić information content (AvgIpc) is 2.02. The first-order chi connectivity index (χ1) is 6.45. The Balaban J connectivity index is 3.36. The molecule has 0 bridgehead atoms. The third-order valence-electron chi connectivity index (χ3n) is 1.19. The number of unbranched alkanes of at least 4 members (excludes halogenated alkanes) is 1. The SMILES string of the molecule is CCCCNC(=O)OOOC(C)(C)C. The van der Waals surface area contributed by atoms with Gasteiger partial charge in [-0.3, -0.25) is 0 Å². The molecule has 0 aliphatic heterocycles. The smallest absolute Gasteiger partial charge is 0.319 e. The van der Waals surface area contributed by atoms with Crippen LogP contribution >= 0.6 is 0 Å². The lowest BCUT2D eigenvalue weighted by atomic mass is 10.2. The summed E-state index contributed by atoms with van der Waals surface area (Å²) in [5.74, 6) is 0. The van der Waals surface area contributed by atoms with Gasteiger partial charge in [-0.2, -0.15) is 4.89 Å². The largest absolute Gasteiger partial charge is 0.441 e. The number of carbonyl (C=O) groups is 1. The molecule has 84 valence electrons. The lowest BCUT2D eigenvalue weighted by Gasteiger charge is -2.15. The monoisotopic (exact) mass is 205 g/mol. The van der Waals surface area contributed by atoms with Gasteiger partial charge in [0, 0.05) is 6.54 Å². The van der Waals surface area contributed by atoms with E-state index < -0.39 is 11.7 Å². The van der Waals surface area contributed by atoms with E-state index in [1.807, 2.05) is 6.92 Å². The van der Waals surface area contributed by atoms with Crippen LogP contribution in [0.4, 0.5) is 4.79 Å². The normalized spacial score (nSPS) is 11.1. The summed E-state index contributed by atoms with van der Waals surface area (Å²) in [5, 5.41) is 6.78. The third kappa shape index (κ3) is 9.28. The fourth-order valence-corrected chi connectivity index (χ4v) is 0.547. The molecule has 0 spiro atoms. The van der Waals surface area contributed by atoms with E-state index in [9.17, 15) is 4.79 Å². The number of rotatable bonds is 5. The highest BCUT2D eigenvalue weighted by molar-refractivity contribution is 5.66. The fourth-order valence-electron chi connectivity index (χ4n) is 0.547. The van der Waals surface area contributed by atoms with E-state index in [0.29, 0.717) is 6.54 Å². The van der Waals surface area contributed by atoms with Crippen LogP contribution in [0, 0.1) is 0 Å². The number of hydrogen-bond acceptors (Lipinski definition) is 4. The molecule has 0 fully saturated rings. The van der Waals surface area contributed by atoms with E-state index in [1.54, 1.807) is 20.8 Å². The molecule has 0 aliphatic carbocycles. The molecule has 5 heteroatoms. The van der Waals surface area contributed by atoms with Crippen molar-refractivity contribution < 1.29 is 19.6 Å². The maximum absolute atomic E-state index is 10.9. The second-order valence-electron chi connectivity index (χ2n) is 3.91. The van der Waals surface area contributed by atoms with Gasteiger partial charge in [-0.1, -0.05) is 13.3 Å². The minimum atomic E-state index is -0.636. The predicted octanol–water partition coefficient (Wildman–Crippen LogP) is 2.17. The summed E-state index contributed by atoms with van der Waals surface area (Å²) >= 11 is 0.